The topological polar surface area (TPSA) is 120 Å². The molecule has 1 aromatic carbocycles. The average molecular weight is 576 g/mol. The van der Waals surface area contributed by atoms with Gasteiger partial charge in [-0.25, -0.2) is 15.0 Å². The van der Waals surface area contributed by atoms with Crippen LogP contribution < -0.4 is 16.2 Å². The van der Waals surface area contributed by atoms with Crippen LogP contribution in [0.4, 0.5) is 5.82 Å². The largest absolute Gasteiger partial charge is 0.355 e. The number of pyridine rings is 1. The summed E-state index contributed by atoms with van der Waals surface area (Å²) in [5.41, 5.74) is 7.35. The zero-order chi connectivity index (χ0) is 27.9. The van der Waals surface area contributed by atoms with E-state index >= 15 is 0 Å². The lowest BCUT2D eigenvalue weighted by Crippen LogP contribution is -2.48. The molecule has 1 saturated carbocycles. The number of ketones is 1. The molecule has 1 aliphatic carbocycles. The highest BCUT2D eigenvalue weighted by Gasteiger charge is 2.46. The van der Waals surface area contributed by atoms with Gasteiger partial charge in [0.25, 0.3) is 5.56 Å². The van der Waals surface area contributed by atoms with Crippen LogP contribution in [0.25, 0.3) is 10.9 Å². The van der Waals surface area contributed by atoms with Crippen molar-refractivity contribution in [3.8, 4) is 0 Å². The highest BCUT2D eigenvalue weighted by molar-refractivity contribution is 7.99. The van der Waals surface area contributed by atoms with Gasteiger partial charge in [-0.15, -0.1) is 0 Å². The summed E-state index contributed by atoms with van der Waals surface area (Å²) in [5.74, 6) is 1.21. The molecule has 206 valence electrons. The van der Waals surface area contributed by atoms with E-state index in [0.29, 0.717) is 26.9 Å². The molecule has 6 rings (SSSR count). The van der Waals surface area contributed by atoms with Gasteiger partial charge in [-0.2, -0.15) is 0 Å². The van der Waals surface area contributed by atoms with Crippen molar-refractivity contribution in [2.24, 2.45) is 17.1 Å². The third-order valence-electron chi connectivity index (χ3n) is 8.52. The first-order valence-electron chi connectivity index (χ1n) is 13.5. The lowest BCUT2D eigenvalue weighted by Gasteiger charge is -2.43. The van der Waals surface area contributed by atoms with E-state index in [-0.39, 0.29) is 39.8 Å². The molecule has 4 heterocycles. The number of hydrogen-bond donors (Lipinski definition) is 1. The molecule has 4 aromatic rings. The van der Waals surface area contributed by atoms with Gasteiger partial charge in [0.15, 0.2) is 5.78 Å². The molecule has 0 bridgehead atoms. The van der Waals surface area contributed by atoms with Crippen LogP contribution in [0.3, 0.4) is 0 Å². The molecule has 2 fully saturated rings. The molecule has 1 spiro atoms. The minimum atomic E-state index is -0.379. The van der Waals surface area contributed by atoms with Gasteiger partial charge in [0.1, 0.15) is 10.8 Å². The fourth-order valence-corrected chi connectivity index (χ4v) is 7.14. The Labute approximate surface area is 241 Å². The Kier molecular flexibility index (Phi) is 7.33. The lowest BCUT2D eigenvalue weighted by molar-refractivity contribution is 0.0970. The van der Waals surface area contributed by atoms with E-state index < -0.39 is 0 Å². The maximum absolute atomic E-state index is 13.3. The Morgan fingerprint density at radius 1 is 1.12 bits per heavy atom. The smallest absolute Gasteiger partial charge is 0.263 e. The number of rotatable bonds is 6. The van der Waals surface area contributed by atoms with Gasteiger partial charge in [-0.05, 0) is 61.3 Å². The Balaban J connectivity index is 1.17. The van der Waals surface area contributed by atoms with Crippen molar-refractivity contribution in [3.05, 3.63) is 76.3 Å². The average Bonchev–Trinajstić information content (AvgIpc) is 3.25. The van der Waals surface area contributed by atoms with Gasteiger partial charge in [0, 0.05) is 42.0 Å². The van der Waals surface area contributed by atoms with Crippen molar-refractivity contribution in [2.75, 3.05) is 18.0 Å². The predicted molar refractivity (Wildman–Crippen MR) is 156 cm³/mol. The summed E-state index contributed by atoms with van der Waals surface area (Å²) in [5, 5.41) is 1.21. The normalized spacial score (nSPS) is 20.3. The number of benzene rings is 1. The fraction of sp³-hybridized carbons (Fsp3) is 0.379. The predicted octanol–water partition coefficient (Wildman–Crippen LogP) is 4.61. The van der Waals surface area contributed by atoms with E-state index in [1.165, 1.54) is 41.7 Å². The minimum Gasteiger partial charge on any atom is -0.355 e. The number of halogens is 1. The number of nitrogens with two attached hydrogens (primary N) is 1. The summed E-state index contributed by atoms with van der Waals surface area (Å²) in [7, 11) is 0. The molecule has 1 aliphatic heterocycles. The van der Waals surface area contributed by atoms with E-state index in [9.17, 15) is 9.59 Å². The lowest BCUT2D eigenvalue weighted by atomic mass is 9.73. The molecule has 3 aromatic heterocycles. The van der Waals surface area contributed by atoms with Crippen LogP contribution in [-0.2, 0) is 6.54 Å². The van der Waals surface area contributed by atoms with Crippen LogP contribution in [0, 0.1) is 11.3 Å². The molecule has 0 radical (unpaired) electrons. The maximum Gasteiger partial charge on any atom is 0.263 e. The highest BCUT2D eigenvalue weighted by Crippen LogP contribution is 2.48. The SMILES string of the molecule is C[C@@H]1CCC2(CCN(c3cnc(Sc4ccc5ncn(CC(=O)c6cccnc6)c(=O)c5c4Cl)cn3)CC2)[C@@H]1N. The number of aromatic nitrogens is 5. The van der Waals surface area contributed by atoms with Crippen molar-refractivity contribution >= 4 is 45.9 Å². The maximum atomic E-state index is 13.3. The molecular formula is C29H30ClN7O2S. The molecular weight excluding hydrogens is 546 g/mol. The number of hydrogen-bond acceptors (Lipinski definition) is 9. The standard InChI is InChI=1S/C29H30ClN7O2S/c1-18-6-7-29(27(18)31)8-11-36(12-9-29)23-14-34-24(15-33-23)40-22-5-4-20-25(26(22)30)28(39)37(17-35-20)16-21(38)19-3-2-10-32-13-19/h2-5,10,13-15,17-18,27H,6-9,11-12,16,31H2,1H3/t18-,27-/m1/s1. The summed E-state index contributed by atoms with van der Waals surface area (Å²) in [6, 6.07) is 7.19. The Bertz CT molecular complexity index is 1610. The second kappa shape index (κ2) is 10.9. The first kappa shape index (κ1) is 26.9. The number of piperidine rings is 1. The van der Waals surface area contributed by atoms with Gasteiger partial charge >= 0.3 is 0 Å². The number of Topliss-reactive ketones (excluding diaryl/α,β-unsaturated/α-hetero) is 1. The van der Waals surface area contributed by atoms with Crippen molar-refractivity contribution in [3.63, 3.8) is 0 Å². The Morgan fingerprint density at radius 3 is 2.62 bits per heavy atom. The number of carbonyl (C=O) groups excluding carboxylic acids is 1. The van der Waals surface area contributed by atoms with Gasteiger partial charge in [0.05, 0.1) is 41.2 Å². The van der Waals surface area contributed by atoms with Crippen LogP contribution in [0.1, 0.15) is 43.0 Å². The van der Waals surface area contributed by atoms with Gasteiger partial charge in [0.2, 0.25) is 0 Å². The number of anilines is 1. The first-order chi connectivity index (χ1) is 19.3. The van der Waals surface area contributed by atoms with Crippen LogP contribution in [0.2, 0.25) is 5.02 Å². The zero-order valence-electron chi connectivity index (χ0n) is 22.2. The molecule has 2 atom stereocenters. The highest BCUT2D eigenvalue weighted by atomic mass is 35.5. The van der Waals surface area contributed by atoms with Crippen LogP contribution in [-0.4, -0.2) is 49.4 Å². The monoisotopic (exact) mass is 575 g/mol. The van der Waals surface area contributed by atoms with Crippen LogP contribution in [0.5, 0.6) is 0 Å². The molecule has 9 nitrogen and oxygen atoms in total. The van der Waals surface area contributed by atoms with E-state index in [2.05, 4.69) is 31.8 Å². The van der Waals surface area contributed by atoms with Crippen molar-refractivity contribution in [1.29, 1.82) is 0 Å². The number of carbonyl (C=O) groups is 1. The van der Waals surface area contributed by atoms with Gasteiger partial charge in [-0.1, -0.05) is 30.3 Å². The Morgan fingerprint density at radius 2 is 1.95 bits per heavy atom. The quantitative estimate of drug-likeness (QED) is 0.328. The summed E-state index contributed by atoms with van der Waals surface area (Å²) in [6.45, 7) is 3.98. The van der Waals surface area contributed by atoms with E-state index in [4.69, 9.17) is 17.3 Å². The number of fused-ring (bicyclic) bond motifs is 1. The second-order valence-corrected chi connectivity index (χ2v) is 12.3. The molecule has 40 heavy (non-hydrogen) atoms. The van der Waals surface area contributed by atoms with Crippen LogP contribution in [0.15, 0.2) is 70.1 Å². The van der Waals surface area contributed by atoms with Crippen molar-refractivity contribution < 1.29 is 4.79 Å². The van der Waals surface area contributed by atoms with Crippen molar-refractivity contribution in [2.45, 2.75) is 55.1 Å². The summed E-state index contributed by atoms with van der Waals surface area (Å²) >= 11 is 8.05. The third-order valence-corrected chi connectivity index (χ3v) is 10.0. The van der Waals surface area contributed by atoms with Crippen molar-refractivity contribution in [1.82, 2.24) is 24.5 Å². The summed E-state index contributed by atoms with van der Waals surface area (Å²) in [4.78, 5) is 46.5. The first-order valence-corrected chi connectivity index (χ1v) is 14.7. The molecule has 0 unspecified atom stereocenters. The van der Waals surface area contributed by atoms with Gasteiger partial charge in [-0.3, -0.25) is 19.1 Å². The van der Waals surface area contributed by atoms with E-state index in [0.717, 1.165) is 31.7 Å². The molecule has 0 amide bonds. The van der Waals surface area contributed by atoms with Gasteiger partial charge < -0.3 is 10.6 Å². The van der Waals surface area contributed by atoms with Crippen LogP contribution >= 0.6 is 23.4 Å². The van der Waals surface area contributed by atoms with E-state index in [1.54, 1.807) is 36.8 Å². The molecule has 2 aliphatic rings. The second-order valence-electron chi connectivity index (χ2n) is 10.8. The summed E-state index contributed by atoms with van der Waals surface area (Å²) in [6.07, 6.45) is 12.6. The zero-order valence-corrected chi connectivity index (χ0v) is 23.7. The minimum absolute atomic E-state index is 0.156. The van der Waals surface area contributed by atoms with E-state index in [1.807, 2.05) is 6.07 Å². The molecule has 11 heteroatoms. The molecule has 2 N–H and O–H groups in total. The number of nitrogens with zero attached hydrogens (tertiary/aromatic N) is 6. The third kappa shape index (κ3) is 5.00. The Hall–Kier alpha value is -3.34. The summed E-state index contributed by atoms with van der Waals surface area (Å²) < 4.78 is 1.27. The molecule has 1 saturated heterocycles. The fourth-order valence-electron chi connectivity index (χ4n) is 6.02.